The van der Waals surface area contributed by atoms with Crippen molar-refractivity contribution in [2.24, 2.45) is 0 Å². The minimum Gasteiger partial charge on any atom is -0.421 e. The van der Waals surface area contributed by atoms with Crippen LogP contribution in [0.5, 0.6) is 0 Å². The van der Waals surface area contributed by atoms with Gasteiger partial charge >= 0.3 is 0 Å². The molecule has 1 aromatic carbocycles. The lowest BCUT2D eigenvalue weighted by molar-refractivity contribution is -0.131. The van der Waals surface area contributed by atoms with Crippen LogP contribution < -0.4 is 4.90 Å². The largest absolute Gasteiger partial charge is 0.421 e. The Labute approximate surface area is 177 Å². The average molecular weight is 457 g/mol. The number of amides is 1. The monoisotopic (exact) mass is 456 g/mol. The van der Waals surface area contributed by atoms with Crippen molar-refractivity contribution < 1.29 is 9.21 Å². The summed E-state index contributed by atoms with van der Waals surface area (Å²) >= 11 is 3.34. The summed E-state index contributed by atoms with van der Waals surface area (Å²) in [7, 11) is 0. The molecule has 1 saturated heterocycles. The van der Waals surface area contributed by atoms with Gasteiger partial charge in [-0.25, -0.2) is 9.97 Å². The van der Waals surface area contributed by atoms with Gasteiger partial charge < -0.3 is 14.2 Å². The molecule has 1 amide bonds. The van der Waals surface area contributed by atoms with E-state index in [9.17, 15) is 4.79 Å². The molecule has 2 aromatic heterocycles. The number of nitrogens with zero attached hydrogens (tertiary/aromatic N) is 6. The molecule has 4 rings (SSSR count). The van der Waals surface area contributed by atoms with Crippen molar-refractivity contribution in [3.8, 4) is 11.5 Å². The summed E-state index contributed by atoms with van der Waals surface area (Å²) in [6.07, 6.45) is 4.25. The van der Waals surface area contributed by atoms with Crippen LogP contribution in [0.1, 0.15) is 17.9 Å². The molecule has 0 unspecified atom stereocenters. The van der Waals surface area contributed by atoms with Crippen molar-refractivity contribution in [3.63, 3.8) is 0 Å². The summed E-state index contributed by atoms with van der Waals surface area (Å²) < 4.78 is 6.56. The Balaban J connectivity index is 1.27. The number of carbonyl (C=O) groups is 1. The molecule has 150 valence electrons. The summed E-state index contributed by atoms with van der Waals surface area (Å²) in [5.74, 6) is 1.75. The number of rotatable bonds is 5. The highest BCUT2D eigenvalue weighted by molar-refractivity contribution is 9.10. The van der Waals surface area contributed by atoms with E-state index in [1.165, 1.54) is 5.56 Å². The molecule has 0 aliphatic carbocycles. The van der Waals surface area contributed by atoms with Crippen LogP contribution in [0.25, 0.3) is 11.5 Å². The van der Waals surface area contributed by atoms with Crippen molar-refractivity contribution in [1.29, 1.82) is 0 Å². The maximum atomic E-state index is 12.6. The van der Waals surface area contributed by atoms with Crippen molar-refractivity contribution in [3.05, 3.63) is 52.6 Å². The van der Waals surface area contributed by atoms with Gasteiger partial charge in [0.05, 0.1) is 4.47 Å². The van der Waals surface area contributed by atoms with Crippen LogP contribution in [0.2, 0.25) is 0 Å². The first kappa shape index (κ1) is 19.5. The van der Waals surface area contributed by atoms with Gasteiger partial charge in [-0.05, 0) is 35.0 Å². The van der Waals surface area contributed by atoms with Crippen LogP contribution in [0, 0.1) is 6.92 Å². The molecule has 8 nitrogen and oxygen atoms in total. The normalized spacial score (nSPS) is 14.3. The SMILES string of the molecule is Cc1ccc(-c2nnc(CCC(=O)N3CCN(c4ncc(Br)cn4)CC3)o2)cc1. The van der Waals surface area contributed by atoms with Gasteiger partial charge in [0.2, 0.25) is 23.6 Å². The number of hydrogen-bond acceptors (Lipinski definition) is 7. The van der Waals surface area contributed by atoms with Gasteiger partial charge in [0, 0.05) is 57.0 Å². The van der Waals surface area contributed by atoms with Crippen LogP contribution in [-0.2, 0) is 11.2 Å². The summed E-state index contributed by atoms with van der Waals surface area (Å²) in [4.78, 5) is 25.1. The van der Waals surface area contributed by atoms with E-state index in [0.717, 1.165) is 10.0 Å². The van der Waals surface area contributed by atoms with Crippen LogP contribution in [0.4, 0.5) is 5.95 Å². The lowest BCUT2D eigenvalue weighted by Crippen LogP contribution is -2.49. The molecule has 3 aromatic rings. The Kier molecular flexibility index (Phi) is 5.84. The highest BCUT2D eigenvalue weighted by Crippen LogP contribution is 2.19. The molecule has 9 heteroatoms. The number of piperazine rings is 1. The number of aryl methyl sites for hydroxylation is 2. The fourth-order valence-corrected chi connectivity index (χ4v) is 3.37. The van der Waals surface area contributed by atoms with Crippen molar-refractivity contribution in [2.45, 2.75) is 19.8 Å². The Morgan fingerprint density at radius 3 is 2.45 bits per heavy atom. The molecule has 1 aliphatic rings. The van der Waals surface area contributed by atoms with Gasteiger partial charge in [0.25, 0.3) is 0 Å². The van der Waals surface area contributed by atoms with Crippen LogP contribution in [0.15, 0.2) is 45.5 Å². The van der Waals surface area contributed by atoms with E-state index in [1.54, 1.807) is 12.4 Å². The average Bonchev–Trinajstić information content (AvgIpc) is 3.22. The molecular weight excluding hydrogens is 436 g/mol. The number of aromatic nitrogens is 4. The van der Waals surface area contributed by atoms with Gasteiger partial charge in [-0.15, -0.1) is 10.2 Å². The molecule has 0 atom stereocenters. The zero-order valence-electron chi connectivity index (χ0n) is 16.1. The summed E-state index contributed by atoms with van der Waals surface area (Å²) in [5.41, 5.74) is 2.05. The van der Waals surface area contributed by atoms with E-state index in [0.29, 0.717) is 56.8 Å². The molecule has 1 aliphatic heterocycles. The molecule has 3 heterocycles. The Hall–Kier alpha value is -2.81. The third-order valence-electron chi connectivity index (χ3n) is 4.84. The first-order valence-electron chi connectivity index (χ1n) is 9.48. The molecular formula is C20H21BrN6O2. The number of carbonyl (C=O) groups excluding carboxylic acids is 1. The first-order valence-corrected chi connectivity index (χ1v) is 10.3. The number of anilines is 1. The van der Waals surface area contributed by atoms with Crippen molar-refractivity contribution >= 4 is 27.8 Å². The topological polar surface area (TPSA) is 88.3 Å². The zero-order valence-corrected chi connectivity index (χ0v) is 17.7. The van der Waals surface area contributed by atoms with E-state index in [2.05, 4.69) is 41.0 Å². The van der Waals surface area contributed by atoms with E-state index in [1.807, 2.05) is 36.1 Å². The van der Waals surface area contributed by atoms with Crippen molar-refractivity contribution in [1.82, 2.24) is 25.1 Å². The van der Waals surface area contributed by atoms with Crippen LogP contribution in [0.3, 0.4) is 0 Å². The number of halogens is 1. The quantitative estimate of drug-likeness (QED) is 0.582. The molecule has 1 fully saturated rings. The highest BCUT2D eigenvalue weighted by Gasteiger charge is 2.23. The summed E-state index contributed by atoms with van der Waals surface area (Å²) in [5, 5.41) is 8.17. The first-order chi connectivity index (χ1) is 14.1. The summed E-state index contributed by atoms with van der Waals surface area (Å²) in [6.45, 7) is 4.75. The maximum absolute atomic E-state index is 12.6. The van der Waals surface area contributed by atoms with E-state index >= 15 is 0 Å². The minimum atomic E-state index is 0.0939. The van der Waals surface area contributed by atoms with E-state index < -0.39 is 0 Å². The van der Waals surface area contributed by atoms with Gasteiger partial charge in [-0.1, -0.05) is 17.7 Å². The molecule has 0 N–H and O–H groups in total. The Morgan fingerprint density at radius 2 is 1.76 bits per heavy atom. The van der Waals surface area contributed by atoms with Gasteiger partial charge in [0.1, 0.15) is 0 Å². The molecule has 0 bridgehead atoms. The lowest BCUT2D eigenvalue weighted by Gasteiger charge is -2.34. The fourth-order valence-electron chi connectivity index (χ4n) is 3.16. The second-order valence-corrected chi connectivity index (χ2v) is 7.85. The van der Waals surface area contributed by atoms with Gasteiger partial charge in [-0.3, -0.25) is 4.79 Å². The lowest BCUT2D eigenvalue weighted by atomic mass is 10.1. The number of benzene rings is 1. The predicted octanol–water partition coefficient (Wildman–Crippen LogP) is 2.88. The highest BCUT2D eigenvalue weighted by atomic mass is 79.9. The summed E-state index contributed by atoms with van der Waals surface area (Å²) in [6, 6.07) is 7.90. The third kappa shape index (κ3) is 4.79. The maximum Gasteiger partial charge on any atom is 0.247 e. The van der Waals surface area contributed by atoms with Crippen molar-refractivity contribution in [2.75, 3.05) is 31.1 Å². The molecule has 29 heavy (non-hydrogen) atoms. The molecule has 0 saturated carbocycles. The Bertz CT molecular complexity index is 965. The molecule has 0 spiro atoms. The van der Waals surface area contributed by atoms with Gasteiger partial charge in [-0.2, -0.15) is 0 Å². The minimum absolute atomic E-state index is 0.0939. The van der Waals surface area contributed by atoms with E-state index in [4.69, 9.17) is 4.42 Å². The predicted molar refractivity (Wildman–Crippen MR) is 111 cm³/mol. The fraction of sp³-hybridized carbons (Fsp3) is 0.350. The standard InChI is InChI=1S/C20H21BrN6O2/c1-14-2-4-15(5-3-14)19-25-24-17(29-19)6-7-18(28)26-8-10-27(11-9-26)20-22-12-16(21)13-23-20/h2-5,12-13H,6-11H2,1H3. The molecule has 0 radical (unpaired) electrons. The Morgan fingerprint density at radius 1 is 1.07 bits per heavy atom. The van der Waals surface area contributed by atoms with Gasteiger partial charge in [0.15, 0.2) is 0 Å². The smallest absolute Gasteiger partial charge is 0.247 e. The second kappa shape index (κ2) is 8.69. The third-order valence-corrected chi connectivity index (χ3v) is 5.25. The second-order valence-electron chi connectivity index (χ2n) is 6.94. The van der Waals surface area contributed by atoms with Crippen LogP contribution >= 0.6 is 15.9 Å². The van der Waals surface area contributed by atoms with Crippen LogP contribution in [-0.4, -0.2) is 57.2 Å². The number of hydrogen-bond donors (Lipinski definition) is 0. The zero-order chi connectivity index (χ0) is 20.2. The van der Waals surface area contributed by atoms with E-state index in [-0.39, 0.29) is 5.91 Å².